The monoisotopic (exact) mass is 307 g/mol. The lowest BCUT2D eigenvalue weighted by Gasteiger charge is -2.06. The molecule has 2 N–H and O–H groups in total. The van der Waals surface area contributed by atoms with Crippen LogP contribution in [0.1, 0.15) is 42.1 Å². The zero-order valence-corrected chi connectivity index (χ0v) is 13.5. The molecule has 2 heterocycles. The SMILES string of the molecule is CC(C)c1ccc(Cn2cc(Cc3ccc(N)nc3)nn2)cc1. The van der Waals surface area contributed by atoms with Crippen LogP contribution in [0.3, 0.4) is 0 Å². The number of pyridine rings is 1. The van der Waals surface area contributed by atoms with Gasteiger partial charge in [-0.05, 0) is 28.7 Å². The van der Waals surface area contributed by atoms with Crippen molar-refractivity contribution in [1.29, 1.82) is 0 Å². The maximum Gasteiger partial charge on any atom is 0.123 e. The number of benzene rings is 1. The van der Waals surface area contributed by atoms with E-state index in [1.807, 2.05) is 16.9 Å². The van der Waals surface area contributed by atoms with Gasteiger partial charge in [0.15, 0.2) is 0 Å². The lowest BCUT2D eigenvalue weighted by atomic mass is 10.0. The molecule has 5 nitrogen and oxygen atoms in total. The largest absolute Gasteiger partial charge is 0.384 e. The molecule has 0 amide bonds. The maximum atomic E-state index is 5.60. The average Bonchev–Trinajstić information content (AvgIpc) is 2.97. The molecule has 2 aromatic heterocycles. The fourth-order valence-corrected chi connectivity index (χ4v) is 2.44. The normalized spacial score (nSPS) is 11.1. The molecule has 3 aromatic rings. The van der Waals surface area contributed by atoms with Gasteiger partial charge >= 0.3 is 0 Å². The molecule has 0 atom stereocenters. The van der Waals surface area contributed by atoms with Gasteiger partial charge in [0.1, 0.15) is 5.82 Å². The van der Waals surface area contributed by atoms with Gasteiger partial charge in [0.25, 0.3) is 0 Å². The van der Waals surface area contributed by atoms with Crippen LogP contribution >= 0.6 is 0 Å². The number of rotatable bonds is 5. The third-order valence-corrected chi connectivity index (χ3v) is 3.81. The van der Waals surface area contributed by atoms with Crippen LogP contribution in [0.4, 0.5) is 5.82 Å². The first-order valence-electron chi connectivity index (χ1n) is 7.78. The van der Waals surface area contributed by atoms with Crippen molar-refractivity contribution in [3.63, 3.8) is 0 Å². The number of aromatic nitrogens is 4. The van der Waals surface area contributed by atoms with Gasteiger partial charge in [-0.2, -0.15) is 0 Å². The highest BCUT2D eigenvalue weighted by atomic mass is 15.4. The molecule has 0 unspecified atom stereocenters. The molecular weight excluding hydrogens is 286 g/mol. The van der Waals surface area contributed by atoms with E-state index in [0.717, 1.165) is 17.8 Å². The Hall–Kier alpha value is -2.69. The number of nitrogen functional groups attached to an aromatic ring is 1. The molecule has 0 bridgehead atoms. The highest BCUT2D eigenvalue weighted by molar-refractivity contribution is 5.30. The number of nitrogens with zero attached hydrogens (tertiary/aromatic N) is 4. The minimum atomic E-state index is 0.530. The molecule has 0 aliphatic heterocycles. The van der Waals surface area contributed by atoms with Crippen LogP contribution in [0.25, 0.3) is 0 Å². The highest BCUT2D eigenvalue weighted by Gasteiger charge is 2.04. The molecule has 5 heteroatoms. The quantitative estimate of drug-likeness (QED) is 0.786. The molecular formula is C18H21N5. The molecule has 0 radical (unpaired) electrons. The van der Waals surface area contributed by atoms with E-state index < -0.39 is 0 Å². The summed E-state index contributed by atoms with van der Waals surface area (Å²) in [5.74, 6) is 1.08. The minimum Gasteiger partial charge on any atom is -0.384 e. The van der Waals surface area contributed by atoms with Crippen molar-refractivity contribution >= 4 is 5.82 Å². The second-order valence-corrected chi connectivity index (χ2v) is 6.07. The Balaban J connectivity index is 1.65. The summed E-state index contributed by atoms with van der Waals surface area (Å²) in [6.07, 6.45) is 4.46. The average molecular weight is 307 g/mol. The molecule has 0 spiro atoms. The Kier molecular flexibility index (Phi) is 4.37. The van der Waals surface area contributed by atoms with Gasteiger partial charge in [-0.3, -0.25) is 0 Å². The minimum absolute atomic E-state index is 0.530. The Labute approximate surface area is 136 Å². The van der Waals surface area contributed by atoms with Crippen molar-refractivity contribution in [1.82, 2.24) is 20.0 Å². The van der Waals surface area contributed by atoms with E-state index in [9.17, 15) is 0 Å². The van der Waals surface area contributed by atoms with E-state index in [0.29, 0.717) is 18.2 Å². The summed E-state index contributed by atoms with van der Waals surface area (Å²) < 4.78 is 1.87. The van der Waals surface area contributed by atoms with Gasteiger partial charge in [-0.15, -0.1) is 5.10 Å². The molecule has 0 saturated carbocycles. The first-order chi connectivity index (χ1) is 11.1. The highest BCUT2D eigenvalue weighted by Crippen LogP contribution is 2.15. The summed E-state index contributed by atoms with van der Waals surface area (Å²) in [5.41, 5.74) is 10.2. The Morgan fingerprint density at radius 3 is 2.43 bits per heavy atom. The van der Waals surface area contributed by atoms with Gasteiger partial charge in [-0.25, -0.2) is 9.67 Å². The number of nitrogens with two attached hydrogens (primary N) is 1. The fourth-order valence-electron chi connectivity index (χ4n) is 2.44. The van der Waals surface area contributed by atoms with E-state index in [1.54, 1.807) is 12.3 Å². The van der Waals surface area contributed by atoms with Crippen molar-refractivity contribution in [2.75, 3.05) is 5.73 Å². The van der Waals surface area contributed by atoms with Crippen LogP contribution in [-0.2, 0) is 13.0 Å². The summed E-state index contributed by atoms with van der Waals surface area (Å²) in [4.78, 5) is 4.10. The number of hydrogen-bond acceptors (Lipinski definition) is 4. The zero-order chi connectivity index (χ0) is 16.2. The summed E-state index contributed by atoms with van der Waals surface area (Å²) in [6.45, 7) is 5.13. The summed E-state index contributed by atoms with van der Waals surface area (Å²) in [6, 6.07) is 12.4. The lowest BCUT2D eigenvalue weighted by Crippen LogP contribution is -2.00. The predicted octanol–water partition coefficient (Wildman–Crippen LogP) is 3.02. The van der Waals surface area contributed by atoms with Crippen LogP contribution in [0, 0.1) is 0 Å². The molecule has 3 rings (SSSR count). The topological polar surface area (TPSA) is 69.6 Å². The third kappa shape index (κ3) is 3.94. The van der Waals surface area contributed by atoms with Gasteiger partial charge in [0.2, 0.25) is 0 Å². The van der Waals surface area contributed by atoms with Crippen LogP contribution in [0.5, 0.6) is 0 Å². The van der Waals surface area contributed by atoms with Crippen LogP contribution < -0.4 is 5.73 Å². The Morgan fingerprint density at radius 1 is 1.04 bits per heavy atom. The van der Waals surface area contributed by atoms with Crippen molar-refractivity contribution in [3.05, 3.63) is 71.2 Å². The zero-order valence-electron chi connectivity index (χ0n) is 13.5. The maximum absolute atomic E-state index is 5.60. The molecule has 1 aromatic carbocycles. The number of anilines is 1. The first kappa shape index (κ1) is 15.2. The van der Waals surface area contributed by atoms with E-state index in [-0.39, 0.29) is 0 Å². The van der Waals surface area contributed by atoms with E-state index in [1.165, 1.54) is 11.1 Å². The Morgan fingerprint density at radius 2 is 1.78 bits per heavy atom. The van der Waals surface area contributed by atoms with E-state index in [4.69, 9.17) is 5.73 Å². The standard InChI is InChI=1S/C18H21N5/c1-13(2)16-6-3-14(4-7-16)11-23-12-17(21-22-23)9-15-5-8-18(19)20-10-15/h3-8,10,12-13H,9,11H2,1-2H3,(H2,19,20). The first-order valence-corrected chi connectivity index (χ1v) is 7.78. The fraction of sp³-hybridized carbons (Fsp3) is 0.278. The second-order valence-electron chi connectivity index (χ2n) is 6.07. The van der Waals surface area contributed by atoms with Gasteiger partial charge in [0, 0.05) is 18.8 Å². The van der Waals surface area contributed by atoms with Gasteiger partial charge in [0.05, 0.1) is 12.2 Å². The van der Waals surface area contributed by atoms with Crippen LogP contribution in [-0.4, -0.2) is 20.0 Å². The lowest BCUT2D eigenvalue weighted by molar-refractivity contribution is 0.649. The molecule has 0 aliphatic rings. The smallest absolute Gasteiger partial charge is 0.123 e. The van der Waals surface area contributed by atoms with E-state index >= 15 is 0 Å². The van der Waals surface area contributed by atoms with Gasteiger partial charge < -0.3 is 5.73 Å². The van der Waals surface area contributed by atoms with E-state index in [2.05, 4.69) is 53.4 Å². The third-order valence-electron chi connectivity index (χ3n) is 3.81. The van der Waals surface area contributed by atoms with Crippen molar-refractivity contribution in [2.45, 2.75) is 32.7 Å². The van der Waals surface area contributed by atoms with Gasteiger partial charge in [-0.1, -0.05) is 49.4 Å². The summed E-state index contributed by atoms with van der Waals surface area (Å²) >= 11 is 0. The molecule has 23 heavy (non-hydrogen) atoms. The van der Waals surface area contributed by atoms with Crippen molar-refractivity contribution in [2.24, 2.45) is 0 Å². The van der Waals surface area contributed by atoms with Crippen LogP contribution in [0.15, 0.2) is 48.8 Å². The number of hydrogen-bond donors (Lipinski definition) is 1. The molecule has 0 fully saturated rings. The predicted molar refractivity (Wildman–Crippen MR) is 91.1 cm³/mol. The van der Waals surface area contributed by atoms with Crippen molar-refractivity contribution < 1.29 is 0 Å². The summed E-state index contributed by atoms with van der Waals surface area (Å²) in [5, 5.41) is 8.43. The summed E-state index contributed by atoms with van der Waals surface area (Å²) in [7, 11) is 0. The molecule has 0 saturated heterocycles. The molecule has 118 valence electrons. The Bertz CT molecular complexity index is 757. The second kappa shape index (κ2) is 6.60. The molecule has 0 aliphatic carbocycles. The van der Waals surface area contributed by atoms with Crippen molar-refractivity contribution in [3.8, 4) is 0 Å². The van der Waals surface area contributed by atoms with Crippen LogP contribution in [0.2, 0.25) is 0 Å².